The van der Waals surface area contributed by atoms with Crippen molar-refractivity contribution in [3.63, 3.8) is 0 Å². The van der Waals surface area contributed by atoms with E-state index < -0.39 is 0 Å². The molecule has 0 radical (unpaired) electrons. The summed E-state index contributed by atoms with van der Waals surface area (Å²) in [6, 6.07) is 12.0. The molecule has 0 aliphatic heterocycles. The van der Waals surface area contributed by atoms with Crippen LogP contribution in [0.2, 0.25) is 0 Å². The van der Waals surface area contributed by atoms with Gasteiger partial charge in [-0.05, 0) is 30.3 Å². The van der Waals surface area contributed by atoms with Crippen LogP contribution in [-0.4, -0.2) is 32.6 Å². The summed E-state index contributed by atoms with van der Waals surface area (Å²) in [5.41, 5.74) is 1.44. The van der Waals surface area contributed by atoms with Crippen LogP contribution < -0.4 is 20.1 Å². The van der Waals surface area contributed by atoms with Gasteiger partial charge in [0.05, 0.1) is 32.0 Å². The number of para-hydroxylation sites is 1. The van der Waals surface area contributed by atoms with Crippen LogP contribution >= 0.6 is 0 Å². The highest BCUT2D eigenvalue weighted by Gasteiger charge is 2.11. The Balaban J connectivity index is 2.14. The van der Waals surface area contributed by atoms with E-state index in [9.17, 15) is 9.59 Å². The van der Waals surface area contributed by atoms with Gasteiger partial charge in [-0.2, -0.15) is 0 Å². The maximum Gasteiger partial charge on any atom is 0.254 e. The number of methoxy groups -OCH3 is 2. The number of carbonyl (C=O) groups excluding carboxylic acids is 2. The van der Waals surface area contributed by atoms with Crippen molar-refractivity contribution >= 4 is 23.6 Å². The van der Waals surface area contributed by atoms with Crippen LogP contribution in [-0.2, 0) is 4.79 Å². The zero-order valence-corrected chi connectivity index (χ0v) is 15.1. The second kappa shape index (κ2) is 9.68. The Kier molecular flexibility index (Phi) is 7.03. The van der Waals surface area contributed by atoms with E-state index in [1.54, 1.807) is 55.7 Å². The molecule has 0 spiro atoms. The standard InChI is InChI=1S/C21H20N2O4/c1-4-13-22-21(25)17-7-5-6-8-18(17)23-20(24)12-10-15-9-11-16(26-2)14-19(15)27-3/h1,5-12,14H,13H2,2-3H3,(H,22,25)(H,23,24)/b12-10+. The molecule has 0 saturated heterocycles. The van der Waals surface area contributed by atoms with Gasteiger partial charge in [-0.25, -0.2) is 0 Å². The van der Waals surface area contributed by atoms with Crippen LogP contribution in [0.1, 0.15) is 15.9 Å². The first kappa shape index (κ1) is 19.6. The zero-order valence-electron chi connectivity index (χ0n) is 15.1. The quantitative estimate of drug-likeness (QED) is 0.585. The molecule has 27 heavy (non-hydrogen) atoms. The van der Waals surface area contributed by atoms with Crippen molar-refractivity contribution in [3.8, 4) is 23.8 Å². The number of carbonyl (C=O) groups is 2. The van der Waals surface area contributed by atoms with Gasteiger partial charge in [-0.15, -0.1) is 6.42 Å². The van der Waals surface area contributed by atoms with Crippen molar-refractivity contribution in [1.82, 2.24) is 5.32 Å². The lowest BCUT2D eigenvalue weighted by Crippen LogP contribution is -2.25. The SMILES string of the molecule is C#CCNC(=O)c1ccccc1NC(=O)/C=C/c1ccc(OC)cc1OC. The number of ether oxygens (including phenoxy) is 2. The molecule has 2 rings (SSSR count). The number of hydrogen-bond acceptors (Lipinski definition) is 4. The van der Waals surface area contributed by atoms with Crippen LogP contribution in [0, 0.1) is 12.3 Å². The summed E-state index contributed by atoms with van der Waals surface area (Å²) in [7, 11) is 3.10. The first-order valence-electron chi connectivity index (χ1n) is 8.10. The Bertz CT molecular complexity index is 897. The van der Waals surface area contributed by atoms with Gasteiger partial charge < -0.3 is 20.1 Å². The van der Waals surface area contributed by atoms with Crippen molar-refractivity contribution in [2.45, 2.75) is 0 Å². The minimum absolute atomic E-state index is 0.109. The molecule has 2 N–H and O–H groups in total. The van der Waals surface area contributed by atoms with Gasteiger partial charge in [-0.1, -0.05) is 18.1 Å². The predicted molar refractivity (Wildman–Crippen MR) is 105 cm³/mol. The van der Waals surface area contributed by atoms with E-state index in [0.717, 1.165) is 0 Å². The molecule has 2 aromatic rings. The Hall–Kier alpha value is -3.72. The van der Waals surface area contributed by atoms with Crippen molar-refractivity contribution in [3.05, 3.63) is 59.7 Å². The van der Waals surface area contributed by atoms with E-state index in [4.69, 9.17) is 15.9 Å². The molecule has 6 nitrogen and oxygen atoms in total. The minimum Gasteiger partial charge on any atom is -0.497 e. The third kappa shape index (κ3) is 5.38. The van der Waals surface area contributed by atoms with Crippen LogP contribution in [0.4, 0.5) is 5.69 Å². The normalized spacial score (nSPS) is 10.1. The van der Waals surface area contributed by atoms with Gasteiger partial charge in [0, 0.05) is 17.7 Å². The fourth-order valence-corrected chi connectivity index (χ4v) is 2.31. The molecule has 0 atom stereocenters. The van der Waals surface area contributed by atoms with Crippen LogP contribution in [0.5, 0.6) is 11.5 Å². The summed E-state index contributed by atoms with van der Waals surface area (Å²) in [6.07, 6.45) is 8.13. The Morgan fingerprint density at radius 2 is 1.93 bits per heavy atom. The lowest BCUT2D eigenvalue weighted by atomic mass is 10.1. The molecular weight excluding hydrogens is 344 g/mol. The third-order valence-corrected chi connectivity index (χ3v) is 3.64. The highest BCUT2D eigenvalue weighted by molar-refractivity contribution is 6.07. The number of terminal acetylenes is 1. The summed E-state index contributed by atoms with van der Waals surface area (Å²) < 4.78 is 10.4. The average Bonchev–Trinajstić information content (AvgIpc) is 2.70. The fourth-order valence-electron chi connectivity index (χ4n) is 2.31. The van der Waals surface area contributed by atoms with Crippen molar-refractivity contribution in [1.29, 1.82) is 0 Å². The molecule has 138 valence electrons. The summed E-state index contributed by atoms with van der Waals surface area (Å²) in [6.45, 7) is 0.109. The molecule has 2 amide bonds. The second-order valence-electron chi connectivity index (χ2n) is 5.36. The highest BCUT2D eigenvalue weighted by atomic mass is 16.5. The van der Waals surface area contributed by atoms with Gasteiger partial charge in [-0.3, -0.25) is 9.59 Å². The molecule has 0 saturated carbocycles. The monoisotopic (exact) mass is 364 g/mol. The zero-order chi connectivity index (χ0) is 19.6. The molecule has 0 fully saturated rings. The van der Waals surface area contributed by atoms with Gasteiger partial charge in [0.1, 0.15) is 11.5 Å². The summed E-state index contributed by atoms with van der Waals surface area (Å²) in [5.74, 6) is 2.82. The lowest BCUT2D eigenvalue weighted by molar-refractivity contribution is -0.111. The topological polar surface area (TPSA) is 76.7 Å². The van der Waals surface area contributed by atoms with Gasteiger partial charge in [0.15, 0.2) is 0 Å². The van der Waals surface area contributed by atoms with Gasteiger partial charge in [0.2, 0.25) is 5.91 Å². The highest BCUT2D eigenvalue weighted by Crippen LogP contribution is 2.25. The van der Waals surface area contributed by atoms with Crippen molar-refractivity contribution in [2.75, 3.05) is 26.1 Å². The molecule has 0 heterocycles. The van der Waals surface area contributed by atoms with Gasteiger partial charge >= 0.3 is 0 Å². The van der Waals surface area contributed by atoms with Crippen molar-refractivity contribution in [2.24, 2.45) is 0 Å². The summed E-state index contributed by atoms with van der Waals surface area (Å²) in [5, 5.41) is 5.27. The smallest absolute Gasteiger partial charge is 0.254 e. The predicted octanol–water partition coefficient (Wildman–Crippen LogP) is 2.72. The number of anilines is 1. The second-order valence-corrected chi connectivity index (χ2v) is 5.36. The van der Waals surface area contributed by atoms with Gasteiger partial charge in [0.25, 0.3) is 5.91 Å². The van der Waals surface area contributed by atoms with Crippen LogP contribution in [0.15, 0.2) is 48.5 Å². The molecule has 6 heteroatoms. The van der Waals surface area contributed by atoms with E-state index in [1.807, 2.05) is 0 Å². The molecule has 0 bridgehead atoms. The van der Waals surface area contributed by atoms with E-state index in [-0.39, 0.29) is 18.4 Å². The molecule has 0 aliphatic rings. The third-order valence-electron chi connectivity index (χ3n) is 3.64. The van der Waals surface area contributed by atoms with E-state index in [1.165, 1.54) is 13.2 Å². The largest absolute Gasteiger partial charge is 0.497 e. The Morgan fingerprint density at radius 1 is 1.15 bits per heavy atom. The fraction of sp³-hybridized carbons (Fsp3) is 0.143. The van der Waals surface area contributed by atoms with E-state index in [0.29, 0.717) is 28.3 Å². The maximum absolute atomic E-state index is 12.3. The number of hydrogen-bond donors (Lipinski definition) is 2. The Labute approximate surface area is 158 Å². The molecule has 0 aliphatic carbocycles. The maximum atomic E-state index is 12.3. The molecular formula is C21H20N2O4. The number of amides is 2. The number of benzene rings is 2. The Morgan fingerprint density at radius 3 is 2.63 bits per heavy atom. The first-order chi connectivity index (χ1) is 13.1. The molecule has 0 aromatic heterocycles. The first-order valence-corrected chi connectivity index (χ1v) is 8.10. The number of nitrogens with one attached hydrogen (secondary N) is 2. The summed E-state index contributed by atoms with van der Waals surface area (Å²) >= 11 is 0. The average molecular weight is 364 g/mol. The van der Waals surface area contributed by atoms with E-state index >= 15 is 0 Å². The van der Waals surface area contributed by atoms with Crippen LogP contribution in [0.25, 0.3) is 6.08 Å². The minimum atomic E-state index is -0.384. The summed E-state index contributed by atoms with van der Waals surface area (Å²) in [4.78, 5) is 24.4. The molecule has 2 aromatic carbocycles. The van der Waals surface area contributed by atoms with Crippen LogP contribution in [0.3, 0.4) is 0 Å². The lowest BCUT2D eigenvalue weighted by Gasteiger charge is -2.09. The molecule has 0 unspecified atom stereocenters. The number of rotatable bonds is 7. The van der Waals surface area contributed by atoms with E-state index in [2.05, 4.69) is 16.6 Å². The van der Waals surface area contributed by atoms with Crippen molar-refractivity contribution < 1.29 is 19.1 Å².